The summed E-state index contributed by atoms with van der Waals surface area (Å²) in [5, 5.41) is 3.54. The van der Waals surface area contributed by atoms with Crippen LogP contribution in [0, 0.1) is 0 Å². The fourth-order valence-corrected chi connectivity index (χ4v) is 5.74. The number of benzene rings is 3. The molecule has 42 heavy (non-hydrogen) atoms. The lowest BCUT2D eigenvalue weighted by Gasteiger charge is -2.32. The molecule has 0 heterocycles. The highest BCUT2D eigenvalue weighted by molar-refractivity contribution is 7.92. The second-order valence-corrected chi connectivity index (χ2v) is 12.7. The zero-order chi connectivity index (χ0) is 30.7. The van der Waals surface area contributed by atoms with Gasteiger partial charge in [0.2, 0.25) is 21.8 Å². The molecule has 226 valence electrons. The van der Waals surface area contributed by atoms with E-state index in [0.717, 1.165) is 17.4 Å². The standard InChI is InChI=1S/C32H40ClN3O5S/c1-5-41-30-15-10-9-14-28(30)36(42(4,39)40)21-11-16-31(37)35(23-26-17-19-27(33)20-18-26)29(32(38)34-24(2)3)22-25-12-7-6-8-13-25/h6-10,12-15,17-20,24,29H,5,11,16,21-23H2,1-4H3,(H,34,38). The van der Waals surface area contributed by atoms with Crippen LogP contribution in [0.5, 0.6) is 5.75 Å². The molecule has 1 atom stereocenters. The summed E-state index contributed by atoms with van der Waals surface area (Å²) >= 11 is 6.10. The van der Waals surface area contributed by atoms with Crippen molar-refractivity contribution in [1.29, 1.82) is 0 Å². The van der Waals surface area contributed by atoms with E-state index < -0.39 is 16.1 Å². The van der Waals surface area contributed by atoms with E-state index in [2.05, 4.69) is 5.32 Å². The number of anilines is 1. The van der Waals surface area contributed by atoms with E-state index in [1.807, 2.05) is 63.2 Å². The molecule has 8 nitrogen and oxygen atoms in total. The van der Waals surface area contributed by atoms with Gasteiger partial charge in [-0.15, -0.1) is 0 Å². The third kappa shape index (κ3) is 9.77. The number of carbonyl (C=O) groups is 2. The van der Waals surface area contributed by atoms with Crippen molar-refractivity contribution in [2.45, 2.75) is 58.7 Å². The van der Waals surface area contributed by atoms with Gasteiger partial charge in [0.15, 0.2) is 0 Å². The van der Waals surface area contributed by atoms with Crippen LogP contribution in [-0.4, -0.2) is 56.6 Å². The van der Waals surface area contributed by atoms with Gasteiger partial charge in [-0.3, -0.25) is 13.9 Å². The monoisotopic (exact) mass is 613 g/mol. The van der Waals surface area contributed by atoms with Crippen molar-refractivity contribution < 1.29 is 22.7 Å². The summed E-state index contributed by atoms with van der Waals surface area (Å²) in [7, 11) is -3.66. The molecule has 1 N–H and O–H groups in total. The predicted molar refractivity (Wildman–Crippen MR) is 168 cm³/mol. The van der Waals surface area contributed by atoms with Crippen molar-refractivity contribution in [2.24, 2.45) is 0 Å². The van der Waals surface area contributed by atoms with Crippen LogP contribution in [0.2, 0.25) is 5.02 Å². The normalized spacial score (nSPS) is 12.0. The van der Waals surface area contributed by atoms with Gasteiger partial charge in [0.05, 0.1) is 18.6 Å². The maximum atomic E-state index is 13.9. The third-order valence-corrected chi connectivity index (χ3v) is 7.99. The van der Waals surface area contributed by atoms with Crippen molar-refractivity contribution >= 4 is 39.1 Å². The molecule has 0 aromatic heterocycles. The minimum Gasteiger partial charge on any atom is -0.492 e. The number of hydrogen-bond acceptors (Lipinski definition) is 5. The molecular formula is C32H40ClN3O5S. The summed E-state index contributed by atoms with van der Waals surface area (Å²) < 4.78 is 32.5. The van der Waals surface area contributed by atoms with Gasteiger partial charge in [0.1, 0.15) is 11.8 Å². The zero-order valence-electron chi connectivity index (χ0n) is 24.6. The number of para-hydroxylation sites is 2. The maximum Gasteiger partial charge on any atom is 0.243 e. The summed E-state index contributed by atoms with van der Waals surface area (Å²) in [6, 6.07) is 22.8. The van der Waals surface area contributed by atoms with Gasteiger partial charge in [-0.1, -0.05) is 66.2 Å². The Morgan fingerprint density at radius 3 is 2.19 bits per heavy atom. The van der Waals surface area contributed by atoms with Gasteiger partial charge < -0.3 is 15.0 Å². The summed E-state index contributed by atoms with van der Waals surface area (Å²) in [6.45, 7) is 6.24. The fraction of sp³-hybridized carbons (Fsp3) is 0.375. The highest BCUT2D eigenvalue weighted by Gasteiger charge is 2.31. The van der Waals surface area contributed by atoms with Gasteiger partial charge in [0, 0.05) is 37.0 Å². The topological polar surface area (TPSA) is 96.0 Å². The number of nitrogens with zero attached hydrogens (tertiary/aromatic N) is 2. The molecule has 3 aromatic rings. The fourth-order valence-electron chi connectivity index (χ4n) is 4.64. The summed E-state index contributed by atoms with van der Waals surface area (Å²) in [4.78, 5) is 29.0. The molecule has 0 saturated heterocycles. The molecule has 1 unspecified atom stereocenters. The molecule has 0 fully saturated rings. The first-order chi connectivity index (χ1) is 20.0. The van der Waals surface area contributed by atoms with E-state index in [-0.39, 0.29) is 43.8 Å². The Balaban J connectivity index is 1.89. The Morgan fingerprint density at radius 1 is 0.929 bits per heavy atom. The van der Waals surface area contributed by atoms with E-state index in [0.29, 0.717) is 29.5 Å². The number of ether oxygens (including phenoxy) is 1. The maximum absolute atomic E-state index is 13.9. The highest BCUT2D eigenvalue weighted by atomic mass is 35.5. The highest BCUT2D eigenvalue weighted by Crippen LogP contribution is 2.30. The first kappa shape index (κ1) is 32.9. The van der Waals surface area contributed by atoms with Crippen LogP contribution in [0.4, 0.5) is 5.69 Å². The smallest absolute Gasteiger partial charge is 0.243 e. The van der Waals surface area contributed by atoms with E-state index in [1.165, 1.54) is 4.31 Å². The molecule has 0 aliphatic rings. The molecular weight excluding hydrogens is 574 g/mol. The Kier molecular flexibility index (Phi) is 12.2. The molecule has 0 spiro atoms. The van der Waals surface area contributed by atoms with Gasteiger partial charge in [-0.05, 0) is 62.6 Å². The SMILES string of the molecule is CCOc1ccccc1N(CCCC(=O)N(Cc1ccc(Cl)cc1)C(Cc1ccccc1)C(=O)NC(C)C)S(C)(=O)=O. The van der Waals surface area contributed by atoms with Gasteiger partial charge >= 0.3 is 0 Å². The number of hydrogen-bond donors (Lipinski definition) is 1. The van der Waals surface area contributed by atoms with Crippen molar-refractivity contribution in [3.8, 4) is 5.75 Å². The van der Waals surface area contributed by atoms with Crippen molar-refractivity contribution in [2.75, 3.05) is 23.7 Å². The molecule has 0 radical (unpaired) electrons. The van der Waals surface area contributed by atoms with Crippen molar-refractivity contribution in [3.05, 3.63) is 95.0 Å². The lowest BCUT2D eigenvalue weighted by Crippen LogP contribution is -2.51. The molecule has 3 rings (SSSR count). The van der Waals surface area contributed by atoms with E-state index in [9.17, 15) is 18.0 Å². The lowest BCUT2D eigenvalue weighted by molar-refractivity contribution is -0.141. The molecule has 10 heteroatoms. The van der Waals surface area contributed by atoms with E-state index in [1.54, 1.807) is 41.3 Å². The van der Waals surface area contributed by atoms with Crippen molar-refractivity contribution in [3.63, 3.8) is 0 Å². The minimum atomic E-state index is -3.66. The number of nitrogens with one attached hydrogen (secondary N) is 1. The average molecular weight is 614 g/mol. The number of amides is 2. The summed E-state index contributed by atoms with van der Waals surface area (Å²) in [6.07, 6.45) is 1.75. The molecule has 0 aliphatic carbocycles. The van der Waals surface area contributed by atoms with Gasteiger partial charge in [-0.25, -0.2) is 8.42 Å². The largest absolute Gasteiger partial charge is 0.492 e. The van der Waals surface area contributed by atoms with Crippen molar-refractivity contribution in [1.82, 2.24) is 10.2 Å². The number of rotatable bonds is 15. The van der Waals surface area contributed by atoms with Crippen LogP contribution < -0.4 is 14.4 Å². The van der Waals surface area contributed by atoms with Crippen LogP contribution in [0.1, 0.15) is 44.7 Å². The summed E-state index contributed by atoms with van der Waals surface area (Å²) in [5.41, 5.74) is 2.17. The third-order valence-electron chi connectivity index (χ3n) is 6.55. The second kappa shape index (κ2) is 15.6. The van der Waals surface area contributed by atoms with Crippen LogP contribution in [0.3, 0.4) is 0 Å². The second-order valence-electron chi connectivity index (χ2n) is 10.4. The van der Waals surface area contributed by atoms with Gasteiger partial charge in [0.25, 0.3) is 0 Å². The molecule has 0 bridgehead atoms. The Hall–Kier alpha value is -3.56. The van der Waals surface area contributed by atoms with E-state index in [4.69, 9.17) is 16.3 Å². The summed E-state index contributed by atoms with van der Waals surface area (Å²) in [5.74, 6) is -0.0506. The molecule has 3 aromatic carbocycles. The van der Waals surface area contributed by atoms with Crippen LogP contribution in [-0.2, 0) is 32.6 Å². The average Bonchev–Trinajstić information content (AvgIpc) is 2.94. The number of sulfonamides is 1. The predicted octanol–water partition coefficient (Wildman–Crippen LogP) is 5.45. The Labute approximate surface area is 254 Å². The zero-order valence-corrected chi connectivity index (χ0v) is 26.2. The lowest BCUT2D eigenvalue weighted by atomic mass is 10.0. The molecule has 0 aliphatic heterocycles. The number of carbonyl (C=O) groups excluding carboxylic acids is 2. The van der Waals surface area contributed by atoms with Gasteiger partial charge in [-0.2, -0.15) is 0 Å². The van der Waals surface area contributed by atoms with Crippen LogP contribution in [0.15, 0.2) is 78.9 Å². The first-order valence-corrected chi connectivity index (χ1v) is 16.3. The Bertz CT molecular complexity index is 1420. The first-order valence-electron chi connectivity index (χ1n) is 14.1. The van der Waals surface area contributed by atoms with E-state index >= 15 is 0 Å². The van der Waals surface area contributed by atoms with Crippen LogP contribution >= 0.6 is 11.6 Å². The molecule has 0 saturated carbocycles. The minimum absolute atomic E-state index is 0.0384. The number of halogens is 1. The van der Waals surface area contributed by atoms with Crippen LogP contribution in [0.25, 0.3) is 0 Å². The Morgan fingerprint density at radius 2 is 1.57 bits per heavy atom. The molecule has 2 amide bonds. The quantitative estimate of drug-likeness (QED) is 0.246.